The summed E-state index contributed by atoms with van der Waals surface area (Å²) in [5.74, 6) is 0. The third kappa shape index (κ3) is 3.12. The summed E-state index contributed by atoms with van der Waals surface area (Å²) in [6.07, 6.45) is 0. The van der Waals surface area contributed by atoms with Crippen molar-refractivity contribution in [3.05, 3.63) is 38.5 Å². The standard InChI is InChI=1S/C11H15N3S2/c1-8-7-16-11(14-8)6-13-5-9(12)10-3-2-4-15-10/h2-4,7,9,13H,5-6,12H2,1H3. The van der Waals surface area contributed by atoms with Crippen LogP contribution in [0.4, 0.5) is 0 Å². The summed E-state index contributed by atoms with van der Waals surface area (Å²) in [4.78, 5) is 5.61. The van der Waals surface area contributed by atoms with Crippen LogP contribution in [0.2, 0.25) is 0 Å². The number of nitrogens with two attached hydrogens (primary N) is 1. The van der Waals surface area contributed by atoms with Gasteiger partial charge < -0.3 is 11.1 Å². The molecule has 1 atom stereocenters. The Labute approximate surface area is 103 Å². The van der Waals surface area contributed by atoms with E-state index in [1.807, 2.05) is 13.0 Å². The minimum absolute atomic E-state index is 0.0843. The number of hydrogen-bond donors (Lipinski definition) is 2. The van der Waals surface area contributed by atoms with Crippen LogP contribution in [-0.2, 0) is 6.54 Å². The second kappa shape index (κ2) is 5.54. The highest BCUT2D eigenvalue weighted by Gasteiger charge is 2.06. The third-order valence-electron chi connectivity index (χ3n) is 2.22. The van der Waals surface area contributed by atoms with E-state index in [0.717, 1.165) is 23.8 Å². The molecule has 2 aromatic heterocycles. The normalized spacial score (nSPS) is 12.9. The van der Waals surface area contributed by atoms with Gasteiger partial charge in [-0.05, 0) is 18.4 Å². The molecule has 0 spiro atoms. The van der Waals surface area contributed by atoms with Crippen molar-refractivity contribution in [1.29, 1.82) is 0 Å². The summed E-state index contributed by atoms with van der Waals surface area (Å²) < 4.78 is 0. The lowest BCUT2D eigenvalue weighted by molar-refractivity contribution is 0.603. The van der Waals surface area contributed by atoms with Gasteiger partial charge in [0.2, 0.25) is 0 Å². The molecular weight excluding hydrogens is 238 g/mol. The molecule has 0 aromatic carbocycles. The first-order valence-corrected chi connectivity index (χ1v) is 6.92. The van der Waals surface area contributed by atoms with Gasteiger partial charge in [0.1, 0.15) is 5.01 Å². The van der Waals surface area contributed by atoms with Gasteiger partial charge >= 0.3 is 0 Å². The van der Waals surface area contributed by atoms with Crippen LogP contribution in [0.5, 0.6) is 0 Å². The van der Waals surface area contributed by atoms with Crippen molar-refractivity contribution in [1.82, 2.24) is 10.3 Å². The SMILES string of the molecule is Cc1csc(CNCC(N)c2cccs2)n1. The monoisotopic (exact) mass is 253 g/mol. The van der Waals surface area contributed by atoms with Crippen molar-refractivity contribution in [2.24, 2.45) is 5.73 Å². The number of nitrogens with one attached hydrogen (secondary N) is 1. The molecule has 0 bridgehead atoms. The van der Waals surface area contributed by atoms with Crippen LogP contribution in [0, 0.1) is 6.92 Å². The quantitative estimate of drug-likeness (QED) is 0.859. The van der Waals surface area contributed by atoms with Gasteiger partial charge in [0, 0.05) is 29.0 Å². The van der Waals surface area contributed by atoms with Gasteiger partial charge in [-0.15, -0.1) is 22.7 Å². The maximum Gasteiger partial charge on any atom is 0.107 e. The summed E-state index contributed by atoms with van der Waals surface area (Å²) in [5.41, 5.74) is 7.13. The lowest BCUT2D eigenvalue weighted by Crippen LogP contribution is -2.25. The predicted octanol–water partition coefficient (Wildman–Crippen LogP) is 2.30. The van der Waals surface area contributed by atoms with E-state index >= 15 is 0 Å². The molecular formula is C11H15N3S2. The van der Waals surface area contributed by atoms with Gasteiger partial charge in [-0.25, -0.2) is 4.98 Å². The van der Waals surface area contributed by atoms with Crippen LogP contribution in [0.25, 0.3) is 0 Å². The Morgan fingerprint density at radius 2 is 2.38 bits per heavy atom. The number of hydrogen-bond acceptors (Lipinski definition) is 5. The van der Waals surface area contributed by atoms with Gasteiger partial charge in [-0.1, -0.05) is 6.07 Å². The summed E-state index contributed by atoms with van der Waals surface area (Å²) >= 11 is 3.39. The molecule has 2 heterocycles. The van der Waals surface area contributed by atoms with Crippen molar-refractivity contribution in [2.45, 2.75) is 19.5 Å². The lowest BCUT2D eigenvalue weighted by atomic mass is 10.2. The van der Waals surface area contributed by atoms with Gasteiger partial charge in [-0.3, -0.25) is 0 Å². The zero-order valence-corrected chi connectivity index (χ0v) is 10.8. The van der Waals surface area contributed by atoms with E-state index in [1.165, 1.54) is 4.88 Å². The van der Waals surface area contributed by atoms with E-state index < -0.39 is 0 Å². The minimum Gasteiger partial charge on any atom is -0.322 e. The van der Waals surface area contributed by atoms with E-state index in [1.54, 1.807) is 22.7 Å². The summed E-state index contributed by atoms with van der Waals surface area (Å²) in [7, 11) is 0. The van der Waals surface area contributed by atoms with E-state index in [9.17, 15) is 0 Å². The number of aryl methyl sites for hydroxylation is 1. The minimum atomic E-state index is 0.0843. The molecule has 2 aromatic rings. The summed E-state index contributed by atoms with van der Waals surface area (Å²) in [6.45, 7) is 3.61. The number of thiophene rings is 1. The van der Waals surface area contributed by atoms with Crippen LogP contribution < -0.4 is 11.1 Å². The van der Waals surface area contributed by atoms with E-state index in [0.29, 0.717) is 0 Å². The van der Waals surface area contributed by atoms with Gasteiger partial charge in [0.15, 0.2) is 0 Å². The first kappa shape index (κ1) is 11.7. The molecule has 5 heteroatoms. The first-order valence-electron chi connectivity index (χ1n) is 5.16. The molecule has 2 rings (SSSR count). The average molecular weight is 253 g/mol. The van der Waals surface area contributed by atoms with Crippen molar-refractivity contribution < 1.29 is 0 Å². The Kier molecular flexibility index (Phi) is 4.06. The molecule has 16 heavy (non-hydrogen) atoms. The van der Waals surface area contributed by atoms with Gasteiger partial charge in [0.05, 0.1) is 6.04 Å². The third-order valence-corrected chi connectivity index (χ3v) is 4.19. The van der Waals surface area contributed by atoms with Crippen molar-refractivity contribution in [2.75, 3.05) is 6.54 Å². The van der Waals surface area contributed by atoms with Gasteiger partial charge in [-0.2, -0.15) is 0 Å². The Morgan fingerprint density at radius 3 is 3.00 bits per heavy atom. The number of rotatable bonds is 5. The molecule has 86 valence electrons. The summed E-state index contributed by atoms with van der Waals surface area (Å²) in [6, 6.07) is 4.19. The molecule has 0 aliphatic rings. The number of thiazole rings is 1. The van der Waals surface area contributed by atoms with E-state index in [-0.39, 0.29) is 6.04 Å². The first-order chi connectivity index (χ1) is 7.75. The van der Waals surface area contributed by atoms with Crippen molar-refractivity contribution in [3.63, 3.8) is 0 Å². The second-order valence-corrected chi connectivity index (χ2v) is 5.56. The Balaban J connectivity index is 1.76. The van der Waals surface area contributed by atoms with Crippen molar-refractivity contribution >= 4 is 22.7 Å². The van der Waals surface area contributed by atoms with Crippen molar-refractivity contribution in [3.8, 4) is 0 Å². The van der Waals surface area contributed by atoms with Crippen LogP contribution >= 0.6 is 22.7 Å². The smallest absolute Gasteiger partial charge is 0.107 e. The topological polar surface area (TPSA) is 50.9 Å². The zero-order valence-electron chi connectivity index (χ0n) is 9.14. The van der Waals surface area contributed by atoms with Crippen LogP contribution in [0.1, 0.15) is 21.6 Å². The fraction of sp³-hybridized carbons (Fsp3) is 0.364. The molecule has 0 fully saturated rings. The molecule has 3 N–H and O–H groups in total. The largest absolute Gasteiger partial charge is 0.322 e. The molecule has 0 saturated carbocycles. The highest BCUT2D eigenvalue weighted by molar-refractivity contribution is 7.10. The fourth-order valence-electron chi connectivity index (χ4n) is 1.42. The van der Waals surface area contributed by atoms with Crippen LogP contribution in [-0.4, -0.2) is 11.5 Å². The maximum absolute atomic E-state index is 6.04. The lowest BCUT2D eigenvalue weighted by Gasteiger charge is -2.09. The van der Waals surface area contributed by atoms with E-state index in [4.69, 9.17) is 5.73 Å². The average Bonchev–Trinajstić information content (AvgIpc) is 2.89. The fourth-order valence-corrected chi connectivity index (χ4v) is 2.89. The highest BCUT2D eigenvalue weighted by atomic mass is 32.1. The predicted molar refractivity (Wildman–Crippen MR) is 69.8 cm³/mol. The Hall–Kier alpha value is -0.750. The zero-order chi connectivity index (χ0) is 11.4. The number of nitrogens with zero attached hydrogens (tertiary/aromatic N) is 1. The van der Waals surface area contributed by atoms with Gasteiger partial charge in [0.25, 0.3) is 0 Å². The highest BCUT2D eigenvalue weighted by Crippen LogP contribution is 2.16. The Bertz CT molecular complexity index is 422. The molecule has 0 amide bonds. The molecule has 0 saturated heterocycles. The van der Waals surface area contributed by atoms with Crippen LogP contribution in [0.3, 0.4) is 0 Å². The van der Waals surface area contributed by atoms with Crippen LogP contribution in [0.15, 0.2) is 22.9 Å². The molecule has 0 radical (unpaired) electrons. The number of aromatic nitrogens is 1. The molecule has 3 nitrogen and oxygen atoms in total. The Morgan fingerprint density at radius 1 is 1.50 bits per heavy atom. The van der Waals surface area contributed by atoms with E-state index in [2.05, 4.69) is 27.1 Å². The maximum atomic E-state index is 6.04. The second-order valence-electron chi connectivity index (χ2n) is 3.64. The molecule has 0 aliphatic heterocycles. The molecule has 0 aliphatic carbocycles. The molecule has 1 unspecified atom stereocenters. The summed E-state index contributed by atoms with van der Waals surface area (Å²) in [5, 5.41) is 8.57.